The fourth-order valence-electron chi connectivity index (χ4n) is 4.60. The summed E-state index contributed by atoms with van der Waals surface area (Å²) in [5.74, 6) is -1.47. The molecule has 4 N–H and O–H groups in total. The Hall–Kier alpha value is -6.62. The number of hydrogen-bond donors (Lipinski definition) is 3. The van der Waals surface area contributed by atoms with E-state index in [1.54, 1.807) is 62.4 Å². The van der Waals surface area contributed by atoms with Crippen LogP contribution in [0.2, 0.25) is 0 Å². The van der Waals surface area contributed by atoms with Gasteiger partial charge in [0.2, 0.25) is 0 Å². The van der Waals surface area contributed by atoms with E-state index in [0.717, 1.165) is 24.3 Å². The van der Waals surface area contributed by atoms with Crippen LogP contribution in [0.25, 0.3) is 22.5 Å². The van der Waals surface area contributed by atoms with Crippen LogP contribution < -0.4 is 11.1 Å². The number of carboxylic acid groups (broad SMARTS) is 1. The molecule has 0 saturated heterocycles. The van der Waals surface area contributed by atoms with Gasteiger partial charge in [0, 0.05) is 42.0 Å². The summed E-state index contributed by atoms with van der Waals surface area (Å²) >= 11 is 0. The summed E-state index contributed by atoms with van der Waals surface area (Å²) in [5, 5.41) is 11.0. The number of alkyl halides is 6. The van der Waals surface area contributed by atoms with E-state index in [9.17, 15) is 35.9 Å². The second-order valence-electron chi connectivity index (χ2n) is 11.5. The number of halogens is 6. The van der Waals surface area contributed by atoms with Crippen molar-refractivity contribution in [3.05, 3.63) is 156 Å². The van der Waals surface area contributed by atoms with Crippen molar-refractivity contribution in [2.75, 3.05) is 0 Å². The average molecular weight is 763 g/mol. The number of hydrogen-bond acceptors (Lipinski definition) is 9. The molecule has 2 unspecified atom stereocenters. The van der Waals surface area contributed by atoms with Crippen LogP contribution in [0.1, 0.15) is 69.4 Å². The molecule has 0 fully saturated rings. The number of pyridine rings is 2. The van der Waals surface area contributed by atoms with E-state index in [2.05, 4.69) is 35.2 Å². The molecule has 2 atom stereocenters. The van der Waals surface area contributed by atoms with Crippen LogP contribution in [-0.2, 0) is 12.4 Å². The molecular formula is C38H32F6N8O3. The zero-order chi connectivity index (χ0) is 40.2. The molecule has 2 aromatic carbocycles. The van der Waals surface area contributed by atoms with Gasteiger partial charge < -0.3 is 16.2 Å². The third-order valence-corrected chi connectivity index (χ3v) is 7.35. The standard InChI is InChI=1S/C19H15F3N4O.C14H13F3N2.C5H4N2O2/c1-12(25-18(27)17-11-23-8-9-24-17)15-6-3-7-16(26-15)13-4-2-5-14(10-13)19(20,21)22;1-9(18)12-6-3-7-13(19-12)10-4-2-5-11(8-10)14(15,16)17;8-5(9)4-3-6-1-2-7-4/h2-12H,1H3,(H,25,27);2-9H,18H2,1H3;1-3H,(H,8,9). The summed E-state index contributed by atoms with van der Waals surface area (Å²) in [6.45, 7) is 3.50. The number of nitrogens with zero attached hydrogens (tertiary/aromatic N) is 6. The maximum absolute atomic E-state index is 12.9. The molecule has 6 rings (SSSR count). The van der Waals surface area contributed by atoms with E-state index in [0.29, 0.717) is 33.9 Å². The van der Waals surface area contributed by atoms with Gasteiger partial charge in [-0.05, 0) is 62.4 Å². The molecule has 0 aliphatic carbocycles. The summed E-state index contributed by atoms with van der Waals surface area (Å²) in [6.07, 6.45) is -0.612. The van der Waals surface area contributed by atoms with Crippen molar-refractivity contribution < 1.29 is 41.0 Å². The van der Waals surface area contributed by atoms with E-state index >= 15 is 0 Å². The first-order valence-electron chi connectivity index (χ1n) is 16.1. The number of aromatic nitrogens is 6. The van der Waals surface area contributed by atoms with E-state index in [1.807, 2.05) is 0 Å². The lowest BCUT2D eigenvalue weighted by Gasteiger charge is -2.14. The SMILES string of the molecule is CC(N)c1cccc(-c2cccc(C(F)(F)F)c2)n1.CC(NC(=O)c1cnccn1)c1cccc(-c2cccc(C(F)(F)F)c2)n1.O=C(O)c1cnccn1. The van der Waals surface area contributed by atoms with E-state index < -0.39 is 41.4 Å². The van der Waals surface area contributed by atoms with Crippen molar-refractivity contribution in [2.24, 2.45) is 5.73 Å². The molecule has 4 heterocycles. The second kappa shape index (κ2) is 18.4. The zero-order valence-electron chi connectivity index (χ0n) is 29.0. The van der Waals surface area contributed by atoms with Gasteiger partial charge in [-0.1, -0.05) is 36.4 Å². The van der Waals surface area contributed by atoms with Gasteiger partial charge in [0.1, 0.15) is 5.69 Å². The molecule has 4 aromatic heterocycles. The van der Waals surface area contributed by atoms with Crippen molar-refractivity contribution in [1.29, 1.82) is 0 Å². The van der Waals surface area contributed by atoms with Crippen LogP contribution in [0.5, 0.6) is 0 Å². The largest absolute Gasteiger partial charge is 0.476 e. The summed E-state index contributed by atoms with van der Waals surface area (Å²) in [4.78, 5) is 45.8. The van der Waals surface area contributed by atoms with Crippen LogP contribution in [0.3, 0.4) is 0 Å². The highest BCUT2D eigenvalue weighted by atomic mass is 19.4. The van der Waals surface area contributed by atoms with Crippen molar-refractivity contribution in [3.8, 4) is 22.5 Å². The van der Waals surface area contributed by atoms with Crippen molar-refractivity contribution >= 4 is 11.9 Å². The molecule has 6 aromatic rings. The number of carbonyl (C=O) groups is 2. The Labute approximate surface area is 310 Å². The minimum atomic E-state index is -4.42. The number of aromatic carboxylic acids is 1. The lowest BCUT2D eigenvalue weighted by atomic mass is 10.1. The lowest BCUT2D eigenvalue weighted by Crippen LogP contribution is -2.28. The molecule has 11 nitrogen and oxygen atoms in total. The molecule has 17 heteroatoms. The van der Waals surface area contributed by atoms with Gasteiger partial charge in [-0.15, -0.1) is 0 Å². The van der Waals surface area contributed by atoms with Gasteiger partial charge in [-0.3, -0.25) is 24.7 Å². The molecule has 0 aliphatic heterocycles. The minimum Gasteiger partial charge on any atom is -0.476 e. The highest BCUT2D eigenvalue weighted by Gasteiger charge is 2.31. The molecule has 284 valence electrons. The first kappa shape index (κ1) is 41.1. The Balaban J connectivity index is 0.000000207. The van der Waals surface area contributed by atoms with Crippen LogP contribution in [-0.4, -0.2) is 46.9 Å². The third kappa shape index (κ3) is 12.2. The van der Waals surface area contributed by atoms with E-state index in [-0.39, 0.29) is 17.4 Å². The highest BCUT2D eigenvalue weighted by molar-refractivity contribution is 5.92. The Morgan fingerprint density at radius 3 is 1.53 bits per heavy atom. The number of carbonyl (C=O) groups excluding carboxylic acids is 1. The molecule has 0 aliphatic rings. The van der Waals surface area contributed by atoms with Gasteiger partial charge in [-0.2, -0.15) is 26.3 Å². The maximum atomic E-state index is 12.9. The van der Waals surface area contributed by atoms with E-state index in [1.165, 1.54) is 49.3 Å². The van der Waals surface area contributed by atoms with Crippen LogP contribution >= 0.6 is 0 Å². The summed E-state index contributed by atoms with van der Waals surface area (Å²) < 4.78 is 76.7. The molecule has 0 spiro atoms. The van der Waals surface area contributed by atoms with Crippen molar-refractivity contribution in [2.45, 2.75) is 38.3 Å². The van der Waals surface area contributed by atoms with Gasteiger partial charge in [-0.25, -0.2) is 14.8 Å². The Bertz CT molecular complexity index is 2190. The third-order valence-electron chi connectivity index (χ3n) is 7.35. The first-order chi connectivity index (χ1) is 26.0. The average Bonchev–Trinajstić information content (AvgIpc) is 3.18. The minimum absolute atomic E-state index is 0.0301. The summed E-state index contributed by atoms with van der Waals surface area (Å²) in [6, 6.07) is 19.5. The highest BCUT2D eigenvalue weighted by Crippen LogP contribution is 2.33. The second-order valence-corrected chi connectivity index (χ2v) is 11.5. The molecular weight excluding hydrogens is 730 g/mol. The van der Waals surface area contributed by atoms with Gasteiger partial charge in [0.25, 0.3) is 5.91 Å². The summed E-state index contributed by atoms with van der Waals surface area (Å²) in [5.41, 5.74) is 7.24. The molecule has 1 amide bonds. The van der Waals surface area contributed by atoms with Crippen molar-refractivity contribution in [1.82, 2.24) is 35.2 Å². The van der Waals surface area contributed by atoms with Gasteiger partial charge in [0.05, 0.1) is 52.3 Å². The quantitative estimate of drug-likeness (QED) is 0.135. The monoisotopic (exact) mass is 762 g/mol. The number of nitrogens with two attached hydrogens (primary N) is 1. The number of rotatable bonds is 7. The van der Waals surface area contributed by atoms with Crippen LogP contribution in [0.15, 0.2) is 122 Å². The number of benzene rings is 2. The zero-order valence-corrected chi connectivity index (χ0v) is 29.0. The molecule has 0 saturated carbocycles. The first-order valence-corrected chi connectivity index (χ1v) is 16.1. The normalized spacial score (nSPS) is 12.2. The van der Waals surface area contributed by atoms with Gasteiger partial charge >= 0.3 is 18.3 Å². The lowest BCUT2D eigenvalue weighted by molar-refractivity contribution is -0.138. The van der Waals surface area contributed by atoms with E-state index in [4.69, 9.17) is 10.8 Å². The Kier molecular flexibility index (Phi) is 13.8. The number of carboxylic acids is 1. The number of amides is 1. The van der Waals surface area contributed by atoms with Gasteiger partial charge in [0.15, 0.2) is 5.69 Å². The fourth-order valence-corrected chi connectivity index (χ4v) is 4.60. The summed E-state index contributed by atoms with van der Waals surface area (Å²) in [7, 11) is 0. The van der Waals surface area contributed by atoms with Crippen molar-refractivity contribution in [3.63, 3.8) is 0 Å². The maximum Gasteiger partial charge on any atom is 0.416 e. The molecule has 0 bridgehead atoms. The Morgan fingerprint density at radius 2 is 1.11 bits per heavy atom. The predicted octanol–water partition coefficient (Wildman–Crippen LogP) is 8.01. The van der Waals surface area contributed by atoms with Crippen LogP contribution in [0, 0.1) is 0 Å². The smallest absolute Gasteiger partial charge is 0.416 e. The molecule has 0 radical (unpaired) electrons. The molecule has 55 heavy (non-hydrogen) atoms. The predicted molar refractivity (Wildman–Crippen MR) is 189 cm³/mol. The Morgan fingerprint density at radius 1 is 0.655 bits per heavy atom. The fraction of sp³-hybridized carbons (Fsp3) is 0.158. The number of nitrogens with one attached hydrogen (secondary N) is 1. The topological polar surface area (TPSA) is 170 Å². The van der Waals surface area contributed by atoms with Crippen LogP contribution in [0.4, 0.5) is 26.3 Å².